The van der Waals surface area contributed by atoms with Gasteiger partial charge in [0.25, 0.3) is 5.56 Å². The van der Waals surface area contributed by atoms with E-state index in [1.807, 2.05) is 25.3 Å². The van der Waals surface area contributed by atoms with E-state index in [0.29, 0.717) is 36.6 Å². The number of hydrogen-bond donors (Lipinski definition) is 1. The summed E-state index contributed by atoms with van der Waals surface area (Å²) in [5.74, 6) is 0.707. The molecule has 0 saturated carbocycles. The third kappa shape index (κ3) is 2.31. The Balaban J connectivity index is 2.99. The summed E-state index contributed by atoms with van der Waals surface area (Å²) in [6, 6.07) is -0.0411. The van der Waals surface area contributed by atoms with Gasteiger partial charge in [0, 0.05) is 25.7 Å². The molecule has 0 aliphatic heterocycles. The molecule has 0 spiro atoms. The molecule has 0 aliphatic rings. The SMILES string of the molecule is CCCn1c(=O)n(CC)c(=O)c2c1nc(C)n2C(C)CN. The van der Waals surface area contributed by atoms with Gasteiger partial charge in [0.15, 0.2) is 11.2 Å². The number of aryl methyl sites for hydroxylation is 2. The second-order valence-electron chi connectivity index (χ2n) is 5.27. The molecule has 2 aromatic heterocycles. The van der Waals surface area contributed by atoms with Gasteiger partial charge < -0.3 is 10.3 Å². The first-order chi connectivity index (χ1) is 9.97. The predicted octanol–water partition coefficient (Wildman–Crippen LogP) is 0.618. The first kappa shape index (κ1) is 15.5. The lowest BCUT2D eigenvalue weighted by molar-refractivity contribution is 0.548. The maximum Gasteiger partial charge on any atom is 0.332 e. The number of aromatic nitrogens is 4. The van der Waals surface area contributed by atoms with Crippen LogP contribution in [0.4, 0.5) is 0 Å². The molecule has 0 radical (unpaired) electrons. The van der Waals surface area contributed by atoms with E-state index in [1.165, 1.54) is 4.57 Å². The van der Waals surface area contributed by atoms with E-state index in [9.17, 15) is 9.59 Å². The fourth-order valence-electron chi connectivity index (χ4n) is 2.72. The fourth-order valence-corrected chi connectivity index (χ4v) is 2.72. The van der Waals surface area contributed by atoms with Gasteiger partial charge in [-0.05, 0) is 27.2 Å². The predicted molar refractivity (Wildman–Crippen MR) is 82.7 cm³/mol. The van der Waals surface area contributed by atoms with Crippen LogP contribution >= 0.6 is 0 Å². The Morgan fingerprint density at radius 3 is 2.43 bits per heavy atom. The molecule has 2 aromatic rings. The summed E-state index contributed by atoms with van der Waals surface area (Å²) in [6.45, 7) is 8.87. The quantitative estimate of drug-likeness (QED) is 0.875. The largest absolute Gasteiger partial charge is 0.332 e. The second kappa shape index (κ2) is 5.85. The van der Waals surface area contributed by atoms with Crippen molar-refractivity contribution in [1.82, 2.24) is 18.7 Å². The van der Waals surface area contributed by atoms with Crippen molar-refractivity contribution in [3.63, 3.8) is 0 Å². The lowest BCUT2D eigenvalue weighted by Crippen LogP contribution is -2.40. The van der Waals surface area contributed by atoms with Crippen LogP contribution in [-0.2, 0) is 13.1 Å². The molecule has 2 N–H and O–H groups in total. The normalized spacial score (nSPS) is 13.0. The summed E-state index contributed by atoms with van der Waals surface area (Å²) in [4.78, 5) is 29.5. The second-order valence-corrected chi connectivity index (χ2v) is 5.27. The Bertz CT molecular complexity index is 768. The van der Waals surface area contributed by atoms with Crippen molar-refractivity contribution >= 4 is 11.2 Å². The zero-order valence-corrected chi connectivity index (χ0v) is 13.1. The molecule has 0 saturated heterocycles. The highest BCUT2D eigenvalue weighted by Crippen LogP contribution is 2.16. The van der Waals surface area contributed by atoms with Crippen molar-refractivity contribution in [3.05, 3.63) is 26.7 Å². The number of nitrogens with zero attached hydrogens (tertiary/aromatic N) is 4. The molecule has 21 heavy (non-hydrogen) atoms. The van der Waals surface area contributed by atoms with Crippen LogP contribution in [0.3, 0.4) is 0 Å². The first-order valence-electron chi connectivity index (χ1n) is 7.40. The monoisotopic (exact) mass is 293 g/mol. The number of nitrogens with two attached hydrogens (primary N) is 1. The molecule has 0 aromatic carbocycles. The molecule has 0 bridgehead atoms. The smallest absolute Gasteiger partial charge is 0.328 e. The highest BCUT2D eigenvalue weighted by molar-refractivity contribution is 5.71. The van der Waals surface area contributed by atoms with Crippen LogP contribution in [-0.4, -0.2) is 25.2 Å². The third-order valence-corrected chi connectivity index (χ3v) is 3.78. The lowest BCUT2D eigenvalue weighted by atomic mass is 10.3. The summed E-state index contributed by atoms with van der Waals surface area (Å²) < 4.78 is 4.70. The number of fused-ring (bicyclic) bond motifs is 1. The van der Waals surface area contributed by atoms with Gasteiger partial charge in [0.1, 0.15) is 5.82 Å². The van der Waals surface area contributed by atoms with Crippen molar-refractivity contribution in [2.24, 2.45) is 5.73 Å². The maximum atomic E-state index is 12.6. The minimum atomic E-state index is -0.290. The van der Waals surface area contributed by atoms with Crippen LogP contribution in [0.2, 0.25) is 0 Å². The van der Waals surface area contributed by atoms with Crippen LogP contribution < -0.4 is 17.0 Å². The van der Waals surface area contributed by atoms with Crippen molar-refractivity contribution in [3.8, 4) is 0 Å². The van der Waals surface area contributed by atoms with Gasteiger partial charge in [-0.3, -0.25) is 13.9 Å². The number of rotatable bonds is 5. The molecule has 7 nitrogen and oxygen atoms in total. The zero-order valence-electron chi connectivity index (χ0n) is 13.1. The van der Waals surface area contributed by atoms with E-state index in [2.05, 4.69) is 4.98 Å². The fraction of sp³-hybridized carbons (Fsp3) is 0.643. The van der Waals surface area contributed by atoms with E-state index >= 15 is 0 Å². The van der Waals surface area contributed by atoms with Crippen LogP contribution in [0.25, 0.3) is 11.2 Å². The van der Waals surface area contributed by atoms with Crippen LogP contribution in [0.1, 0.15) is 39.1 Å². The minimum absolute atomic E-state index is 0.0411. The van der Waals surface area contributed by atoms with Crippen molar-refractivity contribution in [2.75, 3.05) is 6.54 Å². The van der Waals surface area contributed by atoms with Gasteiger partial charge in [0.05, 0.1) is 0 Å². The van der Waals surface area contributed by atoms with Gasteiger partial charge in [0.2, 0.25) is 0 Å². The van der Waals surface area contributed by atoms with Gasteiger partial charge in [-0.1, -0.05) is 6.92 Å². The standard InChI is InChI=1S/C14H23N5O2/c1-5-7-18-12-11(13(20)17(6-2)14(18)21)19(9(3)8-15)10(4)16-12/h9H,5-8,15H2,1-4H3. The lowest BCUT2D eigenvalue weighted by Gasteiger charge is -2.15. The molecule has 0 aliphatic carbocycles. The van der Waals surface area contributed by atoms with Gasteiger partial charge in [-0.2, -0.15) is 0 Å². The number of imidazole rings is 1. The average molecular weight is 293 g/mol. The summed E-state index contributed by atoms with van der Waals surface area (Å²) in [5.41, 5.74) is 6.11. The summed E-state index contributed by atoms with van der Waals surface area (Å²) in [7, 11) is 0. The topological polar surface area (TPSA) is 87.8 Å². The zero-order chi connectivity index (χ0) is 15.7. The molecule has 2 heterocycles. The molecular formula is C14H23N5O2. The molecule has 1 unspecified atom stereocenters. The molecule has 1 atom stereocenters. The first-order valence-corrected chi connectivity index (χ1v) is 7.40. The van der Waals surface area contributed by atoms with E-state index < -0.39 is 0 Å². The van der Waals surface area contributed by atoms with Crippen molar-refractivity contribution in [2.45, 2.75) is 53.2 Å². The molecule has 0 amide bonds. The highest BCUT2D eigenvalue weighted by Gasteiger charge is 2.21. The molecular weight excluding hydrogens is 270 g/mol. The summed E-state index contributed by atoms with van der Waals surface area (Å²) >= 11 is 0. The van der Waals surface area contributed by atoms with E-state index in [4.69, 9.17) is 5.73 Å². The van der Waals surface area contributed by atoms with Crippen LogP contribution in [0.15, 0.2) is 9.59 Å². The minimum Gasteiger partial charge on any atom is -0.328 e. The van der Waals surface area contributed by atoms with Gasteiger partial charge in [-0.15, -0.1) is 0 Å². The van der Waals surface area contributed by atoms with E-state index in [-0.39, 0.29) is 17.3 Å². The van der Waals surface area contributed by atoms with Crippen LogP contribution in [0, 0.1) is 6.92 Å². The molecule has 116 valence electrons. The van der Waals surface area contributed by atoms with E-state index in [1.54, 1.807) is 11.5 Å². The average Bonchev–Trinajstić information content (AvgIpc) is 2.80. The van der Waals surface area contributed by atoms with Crippen molar-refractivity contribution < 1.29 is 0 Å². The number of hydrogen-bond acceptors (Lipinski definition) is 4. The Labute approximate surface area is 123 Å². The van der Waals surface area contributed by atoms with Crippen LogP contribution in [0.5, 0.6) is 0 Å². The van der Waals surface area contributed by atoms with Crippen molar-refractivity contribution in [1.29, 1.82) is 0 Å². The highest BCUT2D eigenvalue weighted by atomic mass is 16.2. The Kier molecular flexibility index (Phi) is 4.32. The summed E-state index contributed by atoms with van der Waals surface area (Å²) in [5, 5.41) is 0. The van der Waals surface area contributed by atoms with Gasteiger partial charge in [-0.25, -0.2) is 9.78 Å². The Morgan fingerprint density at radius 2 is 1.90 bits per heavy atom. The Morgan fingerprint density at radius 1 is 1.24 bits per heavy atom. The van der Waals surface area contributed by atoms with E-state index in [0.717, 1.165) is 6.42 Å². The maximum absolute atomic E-state index is 12.6. The molecule has 0 fully saturated rings. The molecule has 2 rings (SSSR count). The van der Waals surface area contributed by atoms with Gasteiger partial charge >= 0.3 is 5.69 Å². The summed E-state index contributed by atoms with van der Waals surface area (Å²) in [6.07, 6.45) is 0.801. The Hall–Kier alpha value is -1.89. The third-order valence-electron chi connectivity index (χ3n) is 3.78. The molecule has 7 heteroatoms.